The highest BCUT2D eigenvalue weighted by molar-refractivity contribution is 4.90. The second-order valence-electron chi connectivity index (χ2n) is 3.79. The van der Waals surface area contributed by atoms with Gasteiger partial charge in [-0.2, -0.15) is 13.2 Å². The summed E-state index contributed by atoms with van der Waals surface area (Å²) in [4.78, 5) is 1.48. The zero-order chi connectivity index (χ0) is 10.1. The predicted molar refractivity (Wildman–Crippen MR) is 44.6 cm³/mol. The molecule has 1 rings (SSSR count). The average Bonchev–Trinajstić information content (AvgIpc) is 2.04. The van der Waals surface area contributed by atoms with Gasteiger partial charge in [0.1, 0.15) is 5.54 Å². The van der Waals surface area contributed by atoms with Gasteiger partial charge in [0, 0.05) is 26.2 Å². The highest BCUT2D eigenvalue weighted by atomic mass is 19.4. The van der Waals surface area contributed by atoms with Gasteiger partial charge in [-0.1, -0.05) is 0 Å². The van der Waals surface area contributed by atoms with E-state index < -0.39 is 11.7 Å². The molecule has 2 nitrogen and oxygen atoms in total. The molecule has 0 aliphatic carbocycles. The number of rotatable bonds is 1. The van der Waals surface area contributed by atoms with Crippen LogP contribution in [0.15, 0.2) is 0 Å². The van der Waals surface area contributed by atoms with E-state index in [-0.39, 0.29) is 0 Å². The van der Waals surface area contributed by atoms with E-state index in [0.717, 1.165) is 0 Å². The van der Waals surface area contributed by atoms with Crippen LogP contribution in [0.5, 0.6) is 0 Å². The molecule has 0 spiro atoms. The third kappa shape index (κ3) is 2.14. The fourth-order valence-electron chi connectivity index (χ4n) is 1.40. The summed E-state index contributed by atoms with van der Waals surface area (Å²) < 4.78 is 37.7. The van der Waals surface area contributed by atoms with Crippen LogP contribution in [-0.2, 0) is 0 Å². The molecule has 0 radical (unpaired) electrons. The zero-order valence-electron chi connectivity index (χ0n) is 7.91. The van der Waals surface area contributed by atoms with E-state index >= 15 is 0 Å². The zero-order valence-corrected chi connectivity index (χ0v) is 7.91. The second-order valence-corrected chi connectivity index (χ2v) is 3.79. The van der Waals surface area contributed by atoms with Gasteiger partial charge in [0.15, 0.2) is 0 Å². The van der Waals surface area contributed by atoms with Crippen LogP contribution < -0.4 is 5.32 Å². The number of hydrogen-bond acceptors (Lipinski definition) is 2. The van der Waals surface area contributed by atoms with E-state index in [4.69, 9.17) is 0 Å². The Hall–Kier alpha value is -0.290. The van der Waals surface area contributed by atoms with Crippen molar-refractivity contribution >= 4 is 0 Å². The van der Waals surface area contributed by atoms with E-state index in [2.05, 4.69) is 5.32 Å². The second kappa shape index (κ2) is 3.46. The average molecular weight is 196 g/mol. The molecular formula is C8H15F3N2. The van der Waals surface area contributed by atoms with Crippen LogP contribution in [0.2, 0.25) is 0 Å². The summed E-state index contributed by atoms with van der Waals surface area (Å²) in [5, 5.41) is 3.03. The molecule has 0 atom stereocenters. The minimum atomic E-state index is -4.15. The summed E-state index contributed by atoms with van der Waals surface area (Å²) in [5.41, 5.74) is -1.70. The van der Waals surface area contributed by atoms with Crippen LogP contribution in [0.3, 0.4) is 0 Å². The summed E-state index contributed by atoms with van der Waals surface area (Å²) in [6.45, 7) is 4.68. The summed E-state index contributed by atoms with van der Waals surface area (Å²) in [6, 6.07) is 0. The van der Waals surface area contributed by atoms with Gasteiger partial charge in [0.2, 0.25) is 0 Å². The highest BCUT2D eigenvalue weighted by Crippen LogP contribution is 2.34. The first kappa shape index (κ1) is 10.8. The van der Waals surface area contributed by atoms with E-state index in [1.54, 1.807) is 0 Å². The first-order valence-electron chi connectivity index (χ1n) is 4.38. The SMILES string of the molecule is CC(C)(N1CCNCC1)C(F)(F)F. The molecule has 0 bridgehead atoms. The number of nitrogens with zero attached hydrogens (tertiary/aromatic N) is 1. The third-order valence-corrected chi connectivity index (χ3v) is 2.60. The van der Waals surface area contributed by atoms with Crippen molar-refractivity contribution in [3.63, 3.8) is 0 Å². The normalized spacial score (nSPS) is 21.9. The minimum absolute atomic E-state index is 0.465. The maximum atomic E-state index is 12.6. The number of nitrogens with one attached hydrogen (secondary N) is 1. The molecule has 0 aromatic rings. The van der Waals surface area contributed by atoms with Gasteiger partial charge in [-0.05, 0) is 13.8 Å². The fourth-order valence-corrected chi connectivity index (χ4v) is 1.40. The topological polar surface area (TPSA) is 15.3 Å². The Balaban J connectivity index is 2.67. The predicted octanol–water partition coefficient (Wildman–Crippen LogP) is 1.23. The standard InChI is InChI=1S/C8H15F3N2/c1-7(2,8(9,10)11)13-5-3-12-4-6-13/h12H,3-6H2,1-2H3. The van der Waals surface area contributed by atoms with Crippen LogP contribution in [0.4, 0.5) is 13.2 Å². The molecule has 1 fully saturated rings. The molecule has 0 saturated carbocycles. The molecule has 5 heteroatoms. The molecule has 1 aliphatic heterocycles. The van der Waals surface area contributed by atoms with Crippen molar-refractivity contribution in [1.82, 2.24) is 10.2 Å². The molecule has 0 unspecified atom stereocenters. The lowest BCUT2D eigenvalue weighted by atomic mass is 10.0. The first-order chi connectivity index (χ1) is 5.86. The summed E-state index contributed by atoms with van der Waals surface area (Å²) in [7, 11) is 0. The van der Waals surface area contributed by atoms with Gasteiger partial charge in [-0.3, -0.25) is 4.90 Å². The summed E-state index contributed by atoms with van der Waals surface area (Å²) in [5.74, 6) is 0. The molecule has 0 amide bonds. The third-order valence-electron chi connectivity index (χ3n) is 2.60. The van der Waals surface area contributed by atoms with Crippen LogP contribution >= 0.6 is 0 Å². The molecule has 1 N–H and O–H groups in total. The maximum Gasteiger partial charge on any atom is 0.406 e. The monoisotopic (exact) mass is 196 g/mol. The Morgan fingerprint density at radius 3 is 1.92 bits per heavy atom. The lowest BCUT2D eigenvalue weighted by Gasteiger charge is -2.42. The van der Waals surface area contributed by atoms with Gasteiger partial charge in [0.25, 0.3) is 0 Å². The van der Waals surface area contributed by atoms with Crippen molar-refractivity contribution in [2.75, 3.05) is 26.2 Å². The molecule has 1 heterocycles. The Morgan fingerprint density at radius 1 is 1.08 bits per heavy atom. The highest BCUT2D eigenvalue weighted by Gasteiger charge is 2.51. The molecule has 78 valence electrons. The maximum absolute atomic E-state index is 12.6. The Morgan fingerprint density at radius 2 is 1.54 bits per heavy atom. The van der Waals surface area contributed by atoms with Gasteiger partial charge in [-0.15, -0.1) is 0 Å². The fraction of sp³-hybridized carbons (Fsp3) is 1.00. The van der Waals surface area contributed by atoms with E-state index in [1.807, 2.05) is 0 Å². The van der Waals surface area contributed by atoms with Gasteiger partial charge in [-0.25, -0.2) is 0 Å². The number of hydrogen-bond donors (Lipinski definition) is 1. The largest absolute Gasteiger partial charge is 0.406 e. The Bertz CT molecular complexity index is 171. The van der Waals surface area contributed by atoms with E-state index in [0.29, 0.717) is 26.2 Å². The van der Waals surface area contributed by atoms with Crippen molar-refractivity contribution in [3.8, 4) is 0 Å². The number of alkyl halides is 3. The summed E-state index contributed by atoms with van der Waals surface area (Å²) >= 11 is 0. The molecular weight excluding hydrogens is 181 g/mol. The van der Waals surface area contributed by atoms with Crippen molar-refractivity contribution in [1.29, 1.82) is 0 Å². The first-order valence-corrected chi connectivity index (χ1v) is 4.38. The molecule has 0 aromatic carbocycles. The minimum Gasteiger partial charge on any atom is -0.314 e. The number of piperazine rings is 1. The molecule has 1 saturated heterocycles. The Kier molecular flexibility index (Phi) is 2.87. The van der Waals surface area contributed by atoms with Crippen LogP contribution in [-0.4, -0.2) is 42.8 Å². The molecule has 13 heavy (non-hydrogen) atoms. The van der Waals surface area contributed by atoms with Crippen molar-refractivity contribution < 1.29 is 13.2 Å². The van der Waals surface area contributed by atoms with Crippen molar-refractivity contribution in [2.45, 2.75) is 25.6 Å². The van der Waals surface area contributed by atoms with Crippen molar-refractivity contribution in [2.24, 2.45) is 0 Å². The van der Waals surface area contributed by atoms with Crippen LogP contribution in [0, 0.1) is 0 Å². The van der Waals surface area contributed by atoms with Crippen LogP contribution in [0.1, 0.15) is 13.8 Å². The number of halogens is 3. The molecule has 0 aromatic heterocycles. The van der Waals surface area contributed by atoms with E-state index in [1.165, 1.54) is 18.7 Å². The smallest absolute Gasteiger partial charge is 0.314 e. The summed E-state index contributed by atoms with van der Waals surface area (Å²) in [6.07, 6.45) is -4.15. The molecule has 1 aliphatic rings. The quantitative estimate of drug-likeness (QED) is 0.678. The van der Waals surface area contributed by atoms with Crippen LogP contribution in [0.25, 0.3) is 0 Å². The Labute approximate surface area is 76.1 Å². The van der Waals surface area contributed by atoms with Crippen molar-refractivity contribution in [3.05, 3.63) is 0 Å². The van der Waals surface area contributed by atoms with E-state index in [9.17, 15) is 13.2 Å². The lowest BCUT2D eigenvalue weighted by Crippen LogP contribution is -2.59. The lowest BCUT2D eigenvalue weighted by molar-refractivity contribution is -0.221. The van der Waals surface area contributed by atoms with Gasteiger partial charge in [0.05, 0.1) is 0 Å². The van der Waals surface area contributed by atoms with Gasteiger partial charge < -0.3 is 5.32 Å². The van der Waals surface area contributed by atoms with Gasteiger partial charge >= 0.3 is 6.18 Å².